The third-order valence-electron chi connectivity index (χ3n) is 8.60. The van der Waals surface area contributed by atoms with Crippen LogP contribution in [-0.2, 0) is 23.7 Å². The van der Waals surface area contributed by atoms with Crippen LogP contribution in [0.4, 0.5) is 26.3 Å². The van der Waals surface area contributed by atoms with Crippen molar-refractivity contribution < 1.29 is 35.9 Å². The fourth-order valence-corrected chi connectivity index (χ4v) is 6.49. The van der Waals surface area contributed by atoms with Crippen molar-refractivity contribution in [3.8, 4) is 11.4 Å². The molecule has 1 amide bonds. The minimum Gasteiger partial charge on any atom is -0.497 e. The molecule has 5 aromatic rings. The van der Waals surface area contributed by atoms with Gasteiger partial charge in [-0.25, -0.2) is 22.5 Å². The number of carbonyl (C=O) groups is 1. The van der Waals surface area contributed by atoms with E-state index in [4.69, 9.17) is 4.74 Å². The molecular weight excluding hydrogens is 628 g/mol. The summed E-state index contributed by atoms with van der Waals surface area (Å²) in [5.74, 6) is -7.60. The van der Waals surface area contributed by atoms with Gasteiger partial charge < -0.3 is 10.1 Å². The second-order valence-corrected chi connectivity index (χ2v) is 11.6. The van der Waals surface area contributed by atoms with Crippen LogP contribution < -0.4 is 15.6 Å². The molecule has 14 heteroatoms. The maximum absolute atomic E-state index is 15.2. The molecule has 1 saturated carbocycles. The molecule has 0 bridgehead atoms. The molecule has 2 heterocycles. The Morgan fingerprint density at radius 2 is 1.77 bits per heavy atom. The normalized spacial score (nSPS) is 18.2. The summed E-state index contributed by atoms with van der Waals surface area (Å²) in [7, 11) is 1.46. The second kappa shape index (κ2) is 11.3. The van der Waals surface area contributed by atoms with Gasteiger partial charge in [0.05, 0.1) is 29.7 Å². The van der Waals surface area contributed by atoms with E-state index < -0.39 is 71.3 Å². The molecule has 47 heavy (non-hydrogen) atoms. The number of rotatable bonds is 9. The van der Waals surface area contributed by atoms with Crippen LogP contribution in [0.5, 0.6) is 5.75 Å². The smallest absolute Gasteiger partial charge is 0.293 e. The van der Waals surface area contributed by atoms with Gasteiger partial charge in [0.15, 0.2) is 0 Å². The topological polar surface area (TPSA) is 91.0 Å². The van der Waals surface area contributed by atoms with Gasteiger partial charge in [0, 0.05) is 24.0 Å². The van der Waals surface area contributed by atoms with E-state index in [1.54, 1.807) is 48.5 Å². The van der Waals surface area contributed by atoms with Gasteiger partial charge in [-0.1, -0.05) is 12.1 Å². The Labute approximate surface area is 262 Å². The molecule has 2 aliphatic carbocycles. The molecule has 3 atom stereocenters. The minimum absolute atomic E-state index is 0.0394. The Bertz CT molecular complexity index is 2080. The predicted octanol–water partition coefficient (Wildman–Crippen LogP) is 6.12. The lowest BCUT2D eigenvalue weighted by Gasteiger charge is -2.24. The molecule has 7 rings (SSSR count). The maximum atomic E-state index is 15.2. The van der Waals surface area contributed by atoms with E-state index in [0.29, 0.717) is 22.2 Å². The summed E-state index contributed by atoms with van der Waals surface area (Å²) in [4.78, 5) is 32.2. The zero-order chi connectivity index (χ0) is 33.2. The molecular formula is C33H25F6N5O3. The van der Waals surface area contributed by atoms with E-state index >= 15 is 8.78 Å². The lowest BCUT2D eigenvalue weighted by Crippen LogP contribution is -2.38. The van der Waals surface area contributed by atoms with Gasteiger partial charge in [0.1, 0.15) is 41.1 Å². The summed E-state index contributed by atoms with van der Waals surface area (Å²) in [6.45, 7) is -0.863. The average Bonchev–Trinajstić information content (AvgIpc) is 3.69. The number of halogens is 6. The number of amides is 1. The lowest BCUT2D eigenvalue weighted by atomic mass is 10.0. The number of methoxy groups -OCH3 is 1. The van der Waals surface area contributed by atoms with Crippen molar-refractivity contribution in [1.29, 1.82) is 0 Å². The van der Waals surface area contributed by atoms with Crippen LogP contribution in [0.15, 0.2) is 71.5 Å². The van der Waals surface area contributed by atoms with E-state index in [1.165, 1.54) is 11.7 Å². The first-order chi connectivity index (χ1) is 22.5. The number of nitrogens with one attached hydrogen (secondary N) is 1. The van der Waals surface area contributed by atoms with Crippen LogP contribution in [0.25, 0.3) is 16.6 Å². The van der Waals surface area contributed by atoms with Crippen molar-refractivity contribution in [2.45, 2.75) is 43.7 Å². The summed E-state index contributed by atoms with van der Waals surface area (Å²) in [6.07, 6.45) is -3.36. The molecule has 242 valence electrons. The zero-order valence-corrected chi connectivity index (χ0v) is 24.6. The highest BCUT2D eigenvalue weighted by Gasteiger charge is 2.67. The summed E-state index contributed by atoms with van der Waals surface area (Å²) in [5.41, 5.74) is -1.58. The fraction of sp³-hybridized carbons (Fsp3) is 0.273. The van der Waals surface area contributed by atoms with Crippen LogP contribution >= 0.6 is 0 Å². The molecule has 0 saturated heterocycles. The molecule has 2 aromatic heterocycles. The van der Waals surface area contributed by atoms with Crippen LogP contribution in [-0.4, -0.2) is 32.3 Å². The van der Waals surface area contributed by atoms with Gasteiger partial charge >= 0.3 is 0 Å². The molecule has 1 unspecified atom stereocenters. The zero-order valence-electron chi connectivity index (χ0n) is 24.6. The highest BCUT2D eigenvalue weighted by Crippen LogP contribution is 2.68. The maximum Gasteiger partial charge on any atom is 0.293 e. The summed E-state index contributed by atoms with van der Waals surface area (Å²) >= 11 is 0. The SMILES string of the molecule is COc1ccc(-n2c(C(Cc3cc(F)cc(F)c3)NC(=O)Cn3nc(C(F)F)c4c3C(F)(F)[C@@H]3C[C@H]43)nc3ccccc3c2=O)cc1. The average molecular weight is 654 g/mol. The number of benzene rings is 3. The number of nitrogens with zero attached hydrogens (tertiary/aromatic N) is 4. The van der Waals surface area contributed by atoms with E-state index in [2.05, 4.69) is 15.4 Å². The van der Waals surface area contributed by atoms with Crippen molar-refractivity contribution in [1.82, 2.24) is 24.6 Å². The summed E-state index contributed by atoms with van der Waals surface area (Å²) in [5, 5.41) is 6.60. The number of para-hydroxylation sites is 1. The Kier molecular flexibility index (Phi) is 7.32. The highest BCUT2D eigenvalue weighted by atomic mass is 19.3. The summed E-state index contributed by atoms with van der Waals surface area (Å²) in [6, 6.07) is 14.3. The standard InChI is InChI=1S/C33H25F6N5O3/c1-47-20-8-6-19(7-9-20)44-31(41-24-5-3-2-4-21(24)32(44)46)25(12-16-10-17(34)13-18(35)11-16)40-26(45)15-43-29-27(28(42-43)30(36)37)22-14-23(22)33(29,38)39/h2-11,13,22-23,25,30H,12,14-15H2,1H3,(H,40,45)/t22-,23+,25?/m0/s1. The van der Waals surface area contributed by atoms with Crippen molar-refractivity contribution in [3.63, 3.8) is 0 Å². The van der Waals surface area contributed by atoms with Gasteiger partial charge in [-0.2, -0.15) is 13.9 Å². The first-order valence-corrected chi connectivity index (χ1v) is 14.6. The number of aromatic nitrogens is 4. The molecule has 3 aromatic carbocycles. The van der Waals surface area contributed by atoms with Crippen molar-refractivity contribution in [2.75, 3.05) is 7.11 Å². The quantitative estimate of drug-likeness (QED) is 0.194. The van der Waals surface area contributed by atoms with Crippen LogP contribution in [0, 0.1) is 17.6 Å². The molecule has 2 aliphatic rings. The third-order valence-corrected chi connectivity index (χ3v) is 8.60. The second-order valence-electron chi connectivity index (χ2n) is 11.6. The fourth-order valence-electron chi connectivity index (χ4n) is 6.49. The van der Waals surface area contributed by atoms with Crippen molar-refractivity contribution in [2.24, 2.45) is 5.92 Å². The van der Waals surface area contributed by atoms with E-state index in [1.807, 2.05) is 0 Å². The number of carbonyl (C=O) groups excluding carboxylic acids is 1. The van der Waals surface area contributed by atoms with Crippen molar-refractivity contribution in [3.05, 3.63) is 117 Å². The number of fused-ring (bicyclic) bond motifs is 4. The third kappa shape index (κ3) is 5.30. The monoisotopic (exact) mass is 653 g/mol. The van der Waals surface area contributed by atoms with Gasteiger partial charge in [0.2, 0.25) is 5.91 Å². The van der Waals surface area contributed by atoms with E-state index in [0.717, 1.165) is 12.1 Å². The molecule has 1 fully saturated rings. The van der Waals surface area contributed by atoms with E-state index in [-0.39, 0.29) is 40.7 Å². The molecule has 1 N–H and O–H groups in total. The van der Waals surface area contributed by atoms with Crippen LogP contribution in [0.1, 0.15) is 53.1 Å². The largest absolute Gasteiger partial charge is 0.497 e. The van der Waals surface area contributed by atoms with Gasteiger partial charge in [0.25, 0.3) is 17.9 Å². The Hall–Kier alpha value is -5.14. The number of hydrogen-bond donors (Lipinski definition) is 1. The van der Waals surface area contributed by atoms with E-state index in [9.17, 15) is 27.2 Å². The molecule has 0 spiro atoms. The number of ether oxygens (including phenoxy) is 1. The predicted molar refractivity (Wildman–Crippen MR) is 157 cm³/mol. The van der Waals surface area contributed by atoms with Crippen molar-refractivity contribution >= 4 is 16.8 Å². The highest BCUT2D eigenvalue weighted by molar-refractivity contribution is 5.79. The van der Waals surface area contributed by atoms with Crippen LogP contribution in [0.2, 0.25) is 0 Å². The van der Waals surface area contributed by atoms with Gasteiger partial charge in [-0.15, -0.1) is 0 Å². The molecule has 0 radical (unpaired) electrons. The first kappa shape index (κ1) is 30.5. The number of alkyl halides is 4. The Balaban J connectivity index is 1.33. The van der Waals surface area contributed by atoms with Gasteiger partial charge in [-0.3, -0.25) is 18.8 Å². The van der Waals surface area contributed by atoms with Gasteiger partial charge in [-0.05, 0) is 66.4 Å². The van der Waals surface area contributed by atoms with Crippen LogP contribution in [0.3, 0.4) is 0 Å². The molecule has 8 nitrogen and oxygen atoms in total. The summed E-state index contributed by atoms with van der Waals surface area (Å²) < 4.78 is 93.6. The minimum atomic E-state index is -3.45. The number of hydrogen-bond acceptors (Lipinski definition) is 5. The Morgan fingerprint density at radius 3 is 2.45 bits per heavy atom. The Morgan fingerprint density at radius 1 is 1.06 bits per heavy atom. The first-order valence-electron chi connectivity index (χ1n) is 14.6. The molecule has 0 aliphatic heterocycles. The lowest BCUT2D eigenvalue weighted by molar-refractivity contribution is -0.123.